The van der Waals surface area contributed by atoms with Crippen LogP contribution < -0.4 is 4.90 Å². The number of benzene rings is 1. The Bertz CT molecular complexity index is 1180. The summed E-state index contributed by atoms with van der Waals surface area (Å²) in [5, 5.41) is 10.1. The Morgan fingerprint density at radius 3 is 2.47 bits per heavy atom. The Morgan fingerprint density at radius 2 is 1.79 bits per heavy atom. The molecule has 1 unspecified atom stereocenters. The Balaban J connectivity index is 1.67. The van der Waals surface area contributed by atoms with E-state index in [4.69, 9.17) is 16.3 Å². The molecule has 2 saturated heterocycles. The first kappa shape index (κ1) is 26.9. The number of amides is 3. The maximum Gasteiger partial charge on any atom is 0.253 e. The lowest BCUT2D eigenvalue weighted by Crippen LogP contribution is -2.56. The fraction of sp³-hybridized carbons (Fsp3) is 0.552. The largest absolute Gasteiger partial charge is 0.396 e. The molecule has 0 radical (unpaired) electrons. The van der Waals surface area contributed by atoms with Crippen molar-refractivity contribution in [2.45, 2.75) is 57.3 Å². The fourth-order valence-electron chi connectivity index (χ4n) is 6.93. The number of nitrogens with zero attached hydrogens (tertiary/aromatic N) is 3. The molecule has 3 amide bonds. The van der Waals surface area contributed by atoms with Crippen LogP contribution in [-0.4, -0.2) is 82.7 Å². The van der Waals surface area contributed by atoms with E-state index in [2.05, 4.69) is 0 Å². The van der Waals surface area contributed by atoms with E-state index in [0.717, 1.165) is 12.0 Å². The third-order valence-corrected chi connectivity index (χ3v) is 8.84. The summed E-state index contributed by atoms with van der Waals surface area (Å²) >= 11 is 6.59. The van der Waals surface area contributed by atoms with E-state index in [-0.39, 0.29) is 37.4 Å². The number of rotatable bonds is 7. The summed E-state index contributed by atoms with van der Waals surface area (Å²) < 4.78 is 6.94. The number of carbonyl (C=O) groups excluding carboxylic acids is 3. The van der Waals surface area contributed by atoms with Gasteiger partial charge in [-0.1, -0.05) is 61.9 Å². The highest BCUT2D eigenvalue weighted by Crippen LogP contribution is 2.58. The number of aryl methyl sites for hydroxylation is 1. The van der Waals surface area contributed by atoms with Gasteiger partial charge in [0.25, 0.3) is 5.91 Å². The van der Waals surface area contributed by atoms with E-state index in [1.165, 1.54) is 4.90 Å². The van der Waals surface area contributed by atoms with Gasteiger partial charge in [-0.25, -0.2) is 0 Å². The lowest BCUT2D eigenvalue weighted by Gasteiger charge is -2.38. The van der Waals surface area contributed by atoms with Crippen molar-refractivity contribution in [1.82, 2.24) is 9.80 Å². The van der Waals surface area contributed by atoms with Gasteiger partial charge in [0.1, 0.15) is 11.6 Å². The standard InChI is InChI=1S/C29H36ClN3O5/c1-4-14-31-15-7-12-28(5-2)21(25(31)35)22-26(36)33(17-9-18-34)24-27(37)32(16-8-13-29(22,24)38-28)23-19(3)10-6-11-20(23)30/h6-8,10-13,21-22,24,34H,4-5,9,14-18H2,1-3H3/t21-,22-,24?,28+,29-/m0/s1. The van der Waals surface area contributed by atoms with E-state index in [9.17, 15) is 19.5 Å². The molecule has 8 nitrogen and oxygen atoms in total. The number of fused-ring (bicyclic) bond motifs is 2. The van der Waals surface area contributed by atoms with Gasteiger partial charge >= 0.3 is 0 Å². The number of likely N-dealkylation sites (tertiary alicyclic amines) is 1. The number of hydrogen-bond donors (Lipinski definition) is 1. The van der Waals surface area contributed by atoms with Crippen LogP contribution in [0.1, 0.15) is 38.7 Å². The van der Waals surface area contributed by atoms with Crippen molar-refractivity contribution in [2.75, 3.05) is 37.7 Å². The molecular weight excluding hydrogens is 506 g/mol. The van der Waals surface area contributed by atoms with Crippen molar-refractivity contribution in [3.8, 4) is 0 Å². The van der Waals surface area contributed by atoms with E-state index >= 15 is 0 Å². The van der Waals surface area contributed by atoms with Crippen LogP contribution in [0, 0.1) is 18.8 Å². The molecule has 0 saturated carbocycles. The monoisotopic (exact) mass is 541 g/mol. The summed E-state index contributed by atoms with van der Waals surface area (Å²) in [4.78, 5) is 47.7. The first-order valence-corrected chi connectivity index (χ1v) is 14.0. The van der Waals surface area contributed by atoms with Crippen LogP contribution in [0.3, 0.4) is 0 Å². The molecule has 0 bridgehead atoms. The molecule has 9 heteroatoms. The van der Waals surface area contributed by atoms with Gasteiger partial charge in [-0.3, -0.25) is 14.4 Å². The van der Waals surface area contributed by atoms with Crippen LogP contribution in [-0.2, 0) is 19.1 Å². The predicted molar refractivity (Wildman–Crippen MR) is 145 cm³/mol. The zero-order chi connectivity index (χ0) is 27.2. The van der Waals surface area contributed by atoms with Crippen LogP contribution in [0.5, 0.6) is 0 Å². The maximum atomic E-state index is 14.5. The lowest BCUT2D eigenvalue weighted by atomic mass is 9.73. The number of anilines is 1. The molecule has 4 heterocycles. The molecule has 1 aromatic rings. The van der Waals surface area contributed by atoms with Crippen molar-refractivity contribution >= 4 is 35.0 Å². The first-order valence-electron chi connectivity index (χ1n) is 13.6. The van der Waals surface area contributed by atoms with Gasteiger partial charge in [-0.05, 0) is 37.8 Å². The van der Waals surface area contributed by atoms with Crippen LogP contribution >= 0.6 is 11.6 Å². The van der Waals surface area contributed by atoms with Gasteiger partial charge in [0.15, 0.2) is 0 Å². The maximum absolute atomic E-state index is 14.5. The minimum atomic E-state index is -1.32. The van der Waals surface area contributed by atoms with Gasteiger partial charge in [0.2, 0.25) is 11.8 Å². The number of halogens is 1. The summed E-state index contributed by atoms with van der Waals surface area (Å²) in [5.41, 5.74) is -0.875. The predicted octanol–water partition coefficient (Wildman–Crippen LogP) is 3.10. The summed E-state index contributed by atoms with van der Waals surface area (Å²) in [6, 6.07) is 4.49. The number of aliphatic hydroxyl groups excluding tert-OH is 1. The highest BCUT2D eigenvalue weighted by atomic mass is 35.5. The van der Waals surface area contributed by atoms with Crippen LogP contribution in [0.2, 0.25) is 5.02 Å². The quantitative estimate of drug-likeness (QED) is 0.536. The van der Waals surface area contributed by atoms with Crippen LogP contribution in [0.4, 0.5) is 5.69 Å². The third-order valence-electron chi connectivity index (χ3n) is 8.53. The zero-order valence-electron chi connectivity index (χ0n) is 22.2. The van der Waals surface area contributed by atoms with Crippen molar-refractivity contribution in [3.05, 3.63) is 53.1 Å². The lowest BCUT2D eigenvalue weighted by molar-refractivity contribution is -0.150. The van der Waals surface area contributed by atoms with E-state index < -0.39 is 29.1 Å². The topological polar surface area (TPSA) is 90.4 Å². The molecule has 1 aromatic carbocycles. The van der Waals surface area contributed by atoms with Crippen molar-refractivity contribution in [1.29, 1.82) is 0 Å². The molecular formula is C29H36ClN3O5. The molecule has 5 atom stereocenters. The SMILES string of the molecule is CCCN1CC=C[C@@]2(CC)O[C@]34C=CCN(c5c(C)cccc5Cl)C(=O)C3N(CCCO)C(=O)[C@@H]4[C@H]2C1=O. The molecule has 2 fully saturated rings. The van der Waals surface area contributed by atoms with Crippen LogP contribution in [0.15, 0.2) is 42.5 Å². The molecule has 38 heavy (non-hydrogen) atoms. The van der Waals surface area contributed by atoms with E-state index in [1.807, 2.05) is 57.2 Å². The van der Waals surface area contributed by atoms with Crippen LogP contribution in [0.25, 0.3) is 0 Å². The number of aliphatic hydroxyl groups is 1. The molecule has 204 valence electrons. The number of carbonyl (C=O) groups is 3. The third kappa shape index (κ3) is 3.83. The minimum Gasteiger partial charge on any atom is -0.396 e. The molecule has 0 aliphatic carbocycles. The average Bonchev–Trinajstić information content (AvgIpc) is 3.18. The summed E-state index contributed by atoms with van der Waals surface area (Å²) in [6.45, 7) is 7.25. The summed E-state index contributed by atoms with van der Waals surface area (Å²) in [5.74, 6) is -2.30. The highest BCUT2D eigenvalue weighted by molar-refractivity contribution is 6.34. The van der Waals surface area contributed by atoms with Gasteiger partial charge in [-0.2, -0.15) is 0 Å². The fourth-order valence-corrected chi connectivity index (χ4v) is 7.25. The smallest absolute Gasteiger partial charge is 0.253 e. The summed E-state index contributed by atoms with van der Waals surface area (Å²) in [7, 11) is 0. The normalized spacial score (nSPS) is 32.4. The molecule has 1 N–H and O–H groups in total. The number of hydrogen-bond acceptors (Lipinski definition) is 5. The van der Waals surface area contributed by atoms with Crippen molar-refractivity contribution in [3.63, 3.8) is 0 Å². The average molecular weight is 542 g/mol. The molecule has 5 rings (SSSR count). The molecule has 4 aliphatic rings. The second-order valence-corrected chi connectivity index (χ2v) is 11.1. The second kappa shape index (κ2) is 10.1. The second-order valence-electron chi connectivity index (χ2n) is 10.7. The molecule has 4 aliphatic heterocycles. The van der Waals surface area contributed by atoms with Gasteiger partial charge < -0.3 is 24.5 Å². The molecule has 0 aromatic heterocycles. The Kier molecular flexibility index (Phi) is 7.18. The first-order chi connectivity index (χ1) is 18.3. The van der Waals surface area contributed by atoms with Gasteiger partial charge in [0.05, 0.1) is 28.1 Å². The van der Waals surface area contributed by atoms with Gasteiger partial charge in [-0.15, -0.1) is 0 Å². The number of ether oxygens (including phenoxy) is 1. The summed E-state index contributed by atoms with van der Waals surface area (Å²) in [6.07, 6.45) is 9.21. The van der Waals surface area contributed by atoms with Crippen molar-refractivity contribution in [2.24, 2.45) is 11.8 Å². The van der Waals surface area contributed by atoms with Gasteiger partial charge in [0, 0.05) is 32.8 Å². The highest BCUT2D eigenvalue weighted by Gasteiger charge is 2.75. The zero-order valence-corrected chi connectivity index (χ0v) is 23.0. The Labute approximate surface area is 228 Å². The Morgan fingerprint density at radius 1 is 1.03 bits per heavy atom. The van der Waals surface area contributed by atoms with Crippen molar-refractivity contribution < 1.29 is 24.2 Å². The minimum absolute atomic E-state index is 0.111. The van der Waals surface area contributed by atoms with E-state index in [0.29, 0.717) is 36.6 Å². The molecule has 1 spiro atoms. The van der Waals surface area contributed by atoms with E-state index in [1.54, 1.807) is 15.9 Å². The number of para-hydroxylation sites is 1. The Hall–Kier alpha value is -2.68.